The number of rotatable bonds is 2. The molecule has 19 heavy (non-hydrogen) atoms. The quantitative estimate of drug-likeness (QED) is 0.903. The van der Waals surface area contributed by atoms with Crippen molar-refractivity contribution in [3.8, 4) is 0 Å². The van der Waals surface area contributed by atoms with Gasteiger partial charge in [0.15, 0.2) is 0 Å². The molecular formula is C14H12FNO3. The van der Waals surface area contributed by atoms with E-state index >= 15 is 0 Å². The fourth-order valence-corrected chi connectivity index (χ4v) is 2.45. The molecule has 0 atom stereocenters. The number of hydrogen-bond donors (Lipinski definition) is 1. The zero-order valence-electron chi connectivity index (χ0n) is 10.3. The average molecular weight is 261 g/mol. The lowest BCUT2D eigenvalue weighted by Gasteiger charge is -2.13. The van der Waals surface area contributed by atoms with Crippen molar-refractivity contribution in [3.05, 3.63) is 45.5 Å². The molecule has 1 saturated carbocycles. The number of aromatic nitrogens is 1. The maximum atomic E-state index is 13.5. The second-order valence-corrected chi connectivity index (χ2v) is 4.93. The number of carbonyl (C=O) groups is 1. The van der Waals surface area contributed by atoms with Crippen molar-refractivity contribution in [2.45, 2.75) is 25.8 Å². The standard InChI is InChI=1S/C14H12FNO3/c1-7-4-8(15)5-10-12(7)16(9-2-3-9)6-11(13(10)17)14(18)19/h4-6,9H,2-3H2,1H3,(H,18,19). The van der Waals surface area contributed by atoms with Crippen LogP contribution in [0.15, 0.2) is 23.1 Å². The van der Waals surface area contributed by atoms with Gasteiger partial charge >= 0.3 is 5.97 Å². The van der Waals surface area contributed by atoms with E-state index in [1.54, 1.807) is 11.5 Å². The second kappa shape index (κ2) is 3.91. The molecule has 5 heteroatoms. The summed E-state index contributed by atoms with van der Waals surface area (Å²) in [5.74, 6) is -1.80. The number of fused-ring (bicyclic) bond motifs is 1. The van der Waals surface area contributed by atoms with Crippen molar-refractivity contribution < 1.29 is 14.3 Å². The summed E-state index contributed by atoms with van der Waals surface area (Å²) in [5, 5.41) is 9.23. The number of hydrogen-bond acceptors (Lipinski definition) is 2. The molecule has 0 spiro atoms. The summed E-state index contributed by atoms with van der Waals surface area (Å²) in [7, 11) is 0. The number of carboxylic acid groups (broad SMARTS) is 1. The van der Waals surface area contributed by atoms with Crippen molar-refractivity contribution in [2.75, 3.05) is 0 Å². The van der Waals surface area contributed by atoms with Gasteiger partial charge < -0.3 is 9.67 Å². The predicted octanol–water partition coefficient (Wildman–Crippen LogP) is 2.48. The molecule has 0 amide bonds. The first-order chi connectivity index (χ1) is 8.99. The Morgan fingerprint density at radius 2 is 2.11 bits per heavy atom. The number of benzene rings is 1. The molecule has 1 fully saturated rings. The molecule has 2 aromatic rings. The van der Waals surface area contributed by atoms with Crippen LogP contribution in [-0.4, -0.2) is 15.6 Å². The summed E-state index contributed by atoms with van der Waals surface area (Å²) in [6.45, 7) is 1.73. The van der Waals surface area contributed by atoms with Gasteiger partial charge in [0.2, 0.25) is 5.43 Å². The van der Waals surface area contributed by atoms with Gasteiger partial charge in [-0.15, -0.1) is 0 Å². The van der Waals surface area contributed by atoms with Gasteiger partial charge in [0.05, 0.1) is 5.52 Å². The first kappa shape index (κ1) is 11.9. The SMILES string of the molecule is Cc1cc(F)cc2c(=O)c(C(=O)O)cn(C3CC3)c12. The van der Waals surface area contributed by atoms with Gasteiger partial charge in [-0.05, 0) is 37.5 Å². The van der Waals surface area contributed by atoms with Crippen LogP contribution in [0.3, 0.4) is 0 Å². The third kappa shape index (κ3) is 1.82. The molecule has 0 unspecified atom stereocenters. The van der Waals surface area contributed by atoms with Gasteiger partial charge in [0, 0.05) is 17.6 Å². The van der Waals surface area contributed by atoms with Gasteiger partial charge in [0.25, 0.3) is 0 Å². The van der Waals surface area contributed by atoms with Gasteiger partial charge in [-0.2, -0.15) is 0 Å². The average Bonchev–Trinajstić information content (AvgIpc) is 3.13. The zero-order valence-corrected chi connectivity index (χ0v) is 10.3. The lowest BCUT2D eigenvalue weighted by molar-refractivity contribution is 0.0695. The van der Waals surface area contributed by atoms with E-state index in [9.17, 15) is 14.0 Å². The zero-order chi connectivity index (χ0) is 13.7. The molecule has 4 nitrogen and oxygen atoms in total. The van der Waals surface area contributed by atoms with Crippen LogP contribution in [0.1, 0.15) is 34.8 Å². The van der Waals surface area contributed by atoms with Crippen LogP contribution in [0, 0.1) is 12.7 Å². The minimum Gasteiger partial charge on any atom is -0.477 e. The van der Waals surface area contributed by atoms with E-state index in [-0.39, 0.29) is 17.0 Å². The highest BCUT2D eigenvalue weighted by atomic mass is 19.1. The summed E-state index contributed by atoms with van der Waals surface area (Å²) < 4.78 is 15.3. The third-order valence-corrected chi connectivity index (χ3v) is 3.45. The minimum atomic E-state index is -1.27. The first-order valence-electron chi connectivity index (χ1n) is 6.07. The Morgan fingerprint density at radius 3 is 2.68 bits per heavy atom. The summed E-state index contributed by atoms with van der Waals surface area (Å²) >= 11 is 0. The Bertz CT molecular complexity index is 759. The minimum absolute atomic E-state index is 0.143. The summed E-state index contributed by atoms with van der Waals surface area (Å²) in [6.07, 6.45) is 3.29. The highest BCUT2D eigenvalue weighted by Gasteiger charge is 2.27. The fourth-order valence-electron chi connectivity index (χ4n) is 2.45. The molecule has 0 saturated heterocycles. The third-order valence-electron chi connectivity index (χ3n) is 3.45. The summed E-state index contributed by atoms with van der Waals surface area (Å²) in [5.41, 5.74) is 0.362. The van der Waals surface area contributed by atoms with Crippen molar-refractivity contribution in [3.63, 3.8) is 0 Å². The van der Waals surface area contributed by atoms with E-state index in [1.165, 1.54) is 12.3 Å². The molecule has 1 aromatic carbocycles. The second-order valence-electron chi connectivity index (χ2n) is 4.93. The molecule has 3 rings (SSSR count). The van der Waals surface area contributed by atoms with Gasteiger partial charge in [-0.1, -0.05) is 0 Å². The lowest BCUT2D eigenvalue weighted by atomic mass is 10.1. The van der Waals surface area contributed by atoms with Crippen LogP contribution >= 0.6 is 0 Å². The summed E-state index contributed by atoms with van der Waals surface area (Å²) in [4.78, 5) is 23.2. The Hall–Kier alpha value is -2.17. The smallest absolute Gasteiger partial charge is 0.341 e. The molecule has 0 radical (unpaired) electrons. The van der Waals surface area contributed by atoms with E-state index < -0.39 is 17.2 Å². The number of pyridine rings is 1. The monoisotopic (exact) mass is 261 g/mol. The van der Waals surface area contributed by atoms with E-state index in [2.05, 4.69) is 0 Å². The van der Waals surface area contributed by atoms with E-state index in [4.69, 9.17) is 5.11 Å². The van der Waals surface area contributed by atoms with Crippen LogP contribution in [0.25, 0.3) is 10.9 Å². The number of nitrogens with zero attached hydrogens (tertiary/aromatic N) is 1. The van der Waals surface area contributed by atoms with Crippen molar-refractivity contribution >= 4 is 16.9 Å². The van der Waals surface area contributed by atoms with Crippen LogP contribution in [0.4, 0.5) is 4.39 Å². The predicted molar refractivity (Wildman–Crippen MR) is 68.1 cm³/mol. The number of halogens is 1. The first-order valence-corrected chi connectivity index (χ1v) is 6.07. The van der Waals surface area contributed by atoms with Gasteiger partial charge in [0.1, 0.15) is 11.4 Å². The highest BCUT2D eigenvalue weighted by molar-refractivity contribution is 5.93. The van der Waals surface area contributed by atoms with Crippen LogP contribution < -0.4 is 5.43 Å². The highest BCUT2D eigenvalue weighted by Crippen LogP contribution is 2.37. The molecule has 98 valence electrons. The van der Waals surface area contributed by atoms with Gasteiger partial charge in [-0.3, -0.25) is 4.79 Å². The molecular weight excluding hydrogens is 249 g/mol. The van der Waals surface area contributed by atoms with E-state index in [1.807, 2.05) is 0 Å². The number of carboxylic acids is 1. The Balaban J connectivity index is 2.49. The number of aromatic carboxylic acids is 1. The number of aryl methyl sites for hydroxylation is 1. The Labute approximate surface area is 108 Å². The molecule has 1 aliphatic carbocycles. The molecule has 1 heterocycles. The van der Waals surface area contributed by atoms with Crippen molar-refractivity contribution in [1.29, 1.82) is 0 Å². The normalized spacial score (nSPS) is 14.8. The van der Waals surface area contributed by atoms with E-state index in [0.717, 1.165) is 18.9 Å². The molecule has 0 bridgehead atoms. The Kier molecular flexibility index (Phi) is 2.45. The maximum Gasteiger partial charge on any atom is 0.341 e. The maximum absolute atomic E-state index is 13.5. The molecule has 1 aliphatic rings. The van der Waals surface area contributed by atoms with Crippen LogP contribution in [0.5, 0.6) is 0 Å². The molecule has 0 aliphatic heterocycles. The van der Waals surface area contributed by atoms with Gasteiger partial charge in [-0.25, -0.2) is 9.18 Å². The Morgan fingerprint density at radius 1 is 1.42 bits per heavy atom. The van der Waals surface area contributed by atoms with Crippen LogP contribution in [0.2, 0.25) is 0 Å². The van der Waals surface area contributed by atoms with E-state index in [0.29, 0.717) is 11.1 Å². The van der Waals surface area contributed by atoms with Crippen LogP contribution in [-0.2, 0) is 0 Å². The molecule has 1 N–H and O–H groups in total. The van der Waals surface area contributed by atoms with Crippen molar-refractivity contribution in [1.82, 2.24) is 4.57 Å². The fraction of sp³-hybridized carbons (Fsp3) is 0.286. The summed E-state index contributed by atoms with van der Waals surface area (Å²) in [6, 6.07) is 2.70. The largest absolute Gasteiger partial charge is 0.477 e. The lowest BCUT2D eigenvalue weighted by Crippen LogP contribution is -2.19. The van der Waals surface area contributed by atoms with Crippen molar-refractivity contribution in [2.24, 2.45) is 0 Å². The molecule has 1 aromatic heterocycles. The topological polar surface area (TPSA) is 59.3 Å².